The van der Waals surface area contributed by atoms with Gasteiger partial charge in [0.1, 0.15) is 0 Å². The molecule has 1 atom stereocenters. The number of amides is 2. The van der Waals surface area contributed by atoms with Crippen molar-refractivity contribution in [1.29, 1.82) is 0 Å². The Balaban J connectivity index is 1.81. The van der Waals surface area contributed by atoms with Gasteiger partial charge in [0.05, 0.1) is 11.2 Å². The number of anilines is 2. The first kappa shape index (κ1) is 7.88. The third kappa shape index (κ3) is 2.89. The number of hydrogen-bond acceptors (Lipinski definition) is 1. The number of fused-ring (bicyclic) bond motifs is 1. The molecule has 0 aliphatic heterocycles. The van der Waals surface area contributed by atoms with Gasteiger partial charge >= 0.3 is 6.03 Å². The molecular formula is C17H17N3O. The molecule has 21 heavy (non-hydrogen) atoms. The van der Waals surface area contributed by atoms with Crippen LogP contribution in [0.1, 0.15) is 20.7 Å². The Bertz CT molecular complexity index is 1000. The van der Waals surface area contributed by atoms with E-state index in [0.717, 1.165) is 0 Å². The van der Waals surface area contributed by atoms with E-state index in [1.54, 1.807) is 24.3 Å². The second-order valence-corrected chi connectivity index (χ2v) is 4.36. The Hall–Kier alpha value is -2.75. The maximum Gasteiger partial charge on any atom is 0.323 e. The number of carbonyl (C=O) groups is 1. The van der Waals surface area contributed by atoms with Crippen molar-refractivity contribution in [3.8, 4) is 0 Å². The average molecular weight is 285 g/mol. The van der Waals surface area contributed by atoms with Crippen molar-refractivity contribution < 1.29 is 13.0 Å². The number of aromatic amines is 1. The molecule has 0 saturated heterocycles. The van der Waals surface area contributed by atoms with Gasteiger partial charge in [-0.25, -0.2) is 4.79 Å². The fourth-order valence-corrected chi connectivity index (χ4v) is 1.93. The molecule has 3 N–H and O–H groups in total. The van der Waals surface area contributed by atoms with E-state index in [4.69, 9.17) is 8.22 Å². The number of H-pyrrole nitrogens is 1. The molecule has 0 radical (unpaired) electrons. The molecule has 0 spiro atoms. The lowest BCUT2D eigenvalue weighted by atomic mass is 10.1. The molecule has 4 heteroatoms. The van der Waals surface area contributed by atoms with Gasteiger partial charge in [-0.15, -0.1) is 0 Å². The van der Waals surface area contributed by atoms with E-state index in [-0.39, 0.29) is 47.7 Å². The summed E-state index contributed by atoms with van der Waals surface area (Å²) in [6, 6.07) is 4.89. The second kappa shape index (κ2) is 5.71. The SMILES string of the molecule is [2H]CC([2H])c1ccc(NC(=O)Nc2c[nH]c3c([2H])c([2H])c([2H])c([2H])c23)cc1. The topological polar surface area (TPSA) is 56.9 Å². The van der Waals surface area contributed by atoms with E-state index >= 15 is 0 Å². The minimum atomic E-state index is -0.630. The summed E-state index contributed by atoms with van der Waals surface area (Å²) in [7, 11) is 0. The lowest BCUT2D eigenvalue weighted by Crippen LogP contribution is -2.19. The lowest BCUT2D eigenvalue weighted by molar-refractivity contribution is 0.262. The minimum Gasteiger partial charge on any atom is -0.359 e. The number of carbonyl (C=O) groups excluding carboxylic acids is 1. The molecule has 2 aromatic carbocycles. The number of para-hydroxylation sites is 1. The van der Waals surface area contributed by atoms with Crippen LogP contribution in [0.5, 0.6) is 0 Å². The van der Waals surface area contributed by atoms with E-state index in [2.05, 4.69) is 15.6 Å². The van der Waals surface area contributed by atoms with Crippen LogP contribution in [0.3, 0.4) is 0 Å². The smallest absolute Gasteiger partial charge is 0.323 e. The molecule has 3 rings (SSSR count). The standard InChI is InChI=1S/C17H17N3O/c1-2-12-7-9-13(10-8-12)19-17(21)20-16-11-18-15-6-4-3-5-14(15)16/h3-11,18H,2H2,1H3,(H2,19,20,21)/i1D,2D,3D,4D,5D,6D. The van der Waals surface area contributed by atoms with E-state index in [1.165, 1.54) is 6.20 Å². The summed E-state index contributed by atoms with van der Waals surface area (Å²) < 4.78 is 46.3. The lowest BCUT2D eigenvalue weighted by Gasteiger charge is -2.07. The second-order valence-electron chi connectivity index (χ2n) is 4.36. The Morgan fingerprint density at radius 2 is 2.10 bits per heavy atom. The zero-order valence-corrected chi connectivity index (χ0v) is 11.1. The zero-order chi connectivity index (χ0) is 19.7. The van der Waals surface area contributed by atoms with Crippen molar-refractivity contribution in [3.05, 3.63) is 60.2 Å². The maximum atomic E-state index is 12.3. The summed E-state index contributed by atoms with van der Waals surface area (Å²) in [5.74, 6) is 0. The van der Waals surface area contributed by atoms with Gasteiger partial charge in [-0.05, 0) is 30.1 Å². The van der Waals surface area contributed by atoms with Crippen LogP contribution in [0.25, 0.3) is 10.9 Å². The van der Waals surface area contributed by atoms with Gasteiger partial charge in [0.15, 0.2) is 0 Å². The Kier molecular flexibility index (Phi) is 2.14. The van der Waals surface area contributed by atoms with Crippen molar-refractivity contribution in [2.24, 2.45) is 0 Å². The van der Waals surface area contributed by atoms with Crippen LogP contribution in [0.4, 0.5) is 16.2 Å². The first-order valence-corrected chi connectivity index (χ1v) is 6.30. The molecule has 1 heterocycles. The number of benzene rings is 2. The van der Waals surface area contributed by atoms with E-state index in [9.17, 15) is 4.79 Å². The molecule has 0 saturated carbocycles. The van der Waals surface area contributed by atoms with Gasteiger partial charge < -0.3 is 15.6 Å². The van der Waals surface area contributed by atoms with Crippen LogP contribution in [0.2, 0.25) is 0 Å². The van der Waals surface area contributed by atoms with Crippen LogP contribution in [0, 0.1) is 0 Å². The average Bonchev–Trinajstić information content (AvgIpc) is 3.08. The third-order valence-corrected chi connectivity index (χ3v) is 2.97. The minimum absolute atomic E-state index is 0.0424. The number of hydrogen-bond donors (Lipinski definition) is 3. The number of urea groups is 1. The van der Waals surface area contributed by atoms with Crippen molar-refractivity contribution in [2.75, 3.05) is 10.6 Å². The van der Waals surface area contributed by atoms with Gasteiger partial charge in [-0.3, -0.25) is 0 Å². The normalized spacial score (nSPS) is 16.0. The monoisotopic (exact) mass is 285 g/mol. The first-order valence-electron chi connectivity index (χ1n) is 9.58. The molecule has 2 amide bonds. The highest BCUT2D eigenvalue weighted by Crippen LogP contribution is 2.22. The van der Waals surface area contributed by atoms with E-state index in [1.807, 2.05) is 0 Å². The van der Waals surface area contributed by atoms with Crippen LogP contribution in [0.15, 0.2) is 54.6 Å². The van der Waals surface area contributed by atoms with Crippen molar-refractivity contribution >= 4 is 28.3 Å². The van der Waals surface area contributed by atoms with Crippen LogP contribution >= 0.6 is 0 Å². The summed E-state index contributed by atoms with van der Waals surface area (Å²) in [4.78, 5) is 15.0. The number of aryl methyl sites for hydroxylation is 1. The summed E-state index contributed by atoms with van der Waals surface area (Å²) in [6.45, 7) is -0.0424. The zero-order valence-electron chi connectivity index (χ0n) is 17.1. The molecule has 1 aromatic heterocycles. The Morgan fingerprint density at radius 1 is 1.29 bits per heavy atom. The quantitative estimate of drug-likeness (QED) is 0.657. The molecule has 3 aromatic rings. The van der Waals surface area contributed by atoms with Gasteiger partial charge in [0, 0.05) is 25.5 Å². The summed E-state index contributed by atoms with van der Waals surface area (Å²) >= 11 is 0. The predicted molar refractivity (Wildman–Crippen MR) is 86.8 cm³/mol. The van der Waals surface area contributed by atoms with E-state index < -0.39 is 12.4 Å². The molecule has 0 fully saturated rings. The van der Waals surface area contributed by atoms with Crippen molar-refractivity contribution in [2.45, 2.75) is 13.3 Å². The summed E-state index contributed by atoms with van der Waals surface area (Å²) in [5.41, 5.74) is 1.64. The molecule has 4 nitrogen and oxygen atoms in total. The Labute approximate surface area is 131 Å². The van der Waals surface area contributed by atoms with Gasteiger partial charge in [0.2, 0.25) is 0 Å². The number of nitrogens with one attached hydrogen (secondary N) is 3. The van der Waals surface area contributed by atoms with Crippen LogP contribution < -0.4 is 10.6 Å². The molecule has 106 valence electrons. The van der Waals surface area contributed by atoms with Crippen LogP contribution in [-0.4, -0.2) is 11.0 Å². The van der Waals surface area contributed by atoms with Gasteiger partial charge in [-0.2, -0.15) is 0 Å². The predicted octanol–water partition coefficient (Wildman–Crippen LogP) is 4.37. The fraction of sp³-hybridized carbons (Fsp3) is 0.118. The summed E-state index contributed by atoms with van der Waals surface area (Å²) in [5, 5.41) is 5.41. The molecule has 0 bridgehead atoms. The molecule has 0 aliphatic rings. The highest BCUT2D eigenvalue weighted by Gasteiger charge is 2.07. The maximum absolute atomic E-state index is 12.3. The fourth-order valence-electron chi connectivity index (χ4n) is 1.93. The molecule has 1 unspecified atom stereocenters. The van der Waals surface area contributed by atoms with Crippen molar-refractivity contribution in [1.82, 2.24) is 4.98 Å². The van der Waals surface area contributed by atoms with Crippen molar-refractivity contribution in [3.63, 3.8) is 0 Å². The molecular weight excluding hydrogens is 262 g/mol. The van der Waals surface area contributed by atoms with Gasteiger partial charge in [0.25, 0.3) is 0 Å². The highest BCUT2D eigenvalue weighted by atomic mass is 16.2. The largest absolute Gasteiger partial charge is 0.359 e. The number of aromatic nitrogens is 1. The van der Waals surface area contributed by atoms with Gasteiger partial charge in [-0.1, -0.05) is 37.2 Å². The molecule has 0 aliphatic carbocycles. The van der Waals surface area contributed by atoms with Crippen LogP contribution in [-0.2, 0) is 6.40 Å². The summed E-state index contributed by atoms with van der Waals surface area (Å²) in [6.07, 6.45) is 0.788. The highest BCUT2D eigenvalue weighted by molar-refractivity contribution is 6.05. The first-order chi connectivity index (χ1) is 12.8. The van der Waals surface area contributed by atoms with E-state index in [0.29, 0.717) is 11.3 Å². The number of rotatable bonds is 3. The Morgan fingerprint density at radius 3 is 2.90 bits per heavy atom. The third-order valence-electron chi connectivity index (χ3n) is 2.97.